The van der Waals surface area contributed by atoms with Gasteiger partial charge in [0.05, 0.1) is 0 Å². The normalized spacial score (nSPS) is 33.6. The molecule has 0 radical (unpaired) electrons. The van der Waals surface area contributed by atoms with E-state index in [0.717, 1.165) is 32.5 Å². The standard InChI is InChI=1S/C10H17N3O/c1-13-8-2-5-12-9(14)10(13)3-6-11-7-4-10/h3,6,11H,2,4-5,7-8H2,1H3,(H,12,14). The molecule has 1 amide bonds. The Morgan fingerprint density at radius 2 is 2.36 bits per heavy atom. The minimum atomic E-state index is -0.401. The molecule has 1 saturated heterocycles. The highest BCUT2D eigenvalue weighted by Gasteiger charge is 2.41. The fraction of sp³-hybridized carbons (Fsp3) is 0.700. The first kappa shape index (κ1) is 9.52. The molecule has 2 heterocycles. The summed E-state index contributed by atoms with van der Waals surface area (Å²) in [6.07, 6.45) is 5.76. The highest BCUT2D eigenvalue weighted by atomic mass is 16.2. The molecule has 4 nitrogen and oxygen atoms in total. The first-order valence-corrected chi connectivity index (χ1v) is 5.16. The topological polar surface area (TPSA) is 44.4 Å². The molecule has 4 heteroatoms. The van der Waals surface area contributed by atoms with Crippen LogP contribution in [0.2, 0.25) is 0 Å². The molecule has 1 fully saturated rings. The van der Waals surface area contributed by atoms with Crippen molar-refractivity contribution in [1.29, 1.82) is 0 Å². The van der Waals surface area contributed by atoms with E-state index in [-0.39, 0.29) is 5.91 Å². The average molecular weight is 195 g/mol. The fourth-order valence-corrected chi connectivity index (χ4v) is 2.18. The second-order valence-electron chi connectivity index (χ2n) is 3.99. The van der Waals surface area contributed by atoms with Crippen LogP contribution in [0.25, 0.3) is 0 Å². The van der Waals surface area contributed by atoms with Gasteiger partial charge in [0.15, 0.2) is 0 Å². The van der Waals surface area contributed by atoms with Crippen molar-refractivity contribution < 1.29 is 4.79 Å². The minimum absolute atomic E-state index is 0.148. The zero-order chi connectivity index (χ0) is 10.0. The maximum Gasteiger partial charge on any atom is 0.244 e. The number of rotatable bonds is 0. The predicted octanol–water partition coefficient (Wildman–Crippen LogP) is -0.316. The monoisotopic (exact) mass is 195 g/mol. The van der Waals surface area contributed by atoms with Gasteiger partial charge in [-0.25, -0.2) is 0 Å². The number of amides is 1. The van der Waals surface area contributed by atoms with E-state index in [2.05, 4.69) is 15.5 Å². The summed E-state index contributed by atoms with van der Waals surface area (Å²) in [6.45, 7) is 2.64. The fourth-order valence-electron chi connectivity index (χ4n) is 2.18. The number of likely N-dealkylation sites (N-methyl/N-ethyl adjacent to an activating group) is 1. The molecule has 14 heavy (non-hydrogen) atoms. The molecular formula is C10H17N3O. The van der Waals surface area contributed by atoms with Crippen LogP contribution in [0, 0.1) is 0 Å². The predicted molar refractivity (Wildman–Crippen MR) is 54.7 cm³/mol. The Kier molecular flexibility index (Phi) is 2.46. The highest BCUT2D eigenvalue weighted by molar-refractivity contribution is 5.89. The van der Waals surface area contributed by atoms with Crippen molar-refractivity contribution in [2.24, 2.45) is 0 Å². The molecule has 1 atom stereocenters. The average Bonchev–Trinajstić information content (AvgIpc) is 2.35. The van der Waals surface area contributed by atoms with Crippen molar-refractivity contribution in [1.82, 2.24) is 15.5 Å². The highest BCUT2D eigenvalue weighted by Crippen LogP contribution is 2.24. The molecule has 0 aromatic carbocycles. The SMILES string of the molecule is CN1CCCNC(=O)C12C=CNCC2. The number of nitrogens with zero attached hydrogens (tertiary/aromatic N) is 1. The Bertz CT molecular complexity index is 264. The van der Waals surface area contributed by atoms with E-state index >= 15 is 0 Å². The summed E-state index contributed by atoms with van der Waals surface area (Å²) in [6, 6.07) is 0. The number of hydrogen-bond donors (Lipinski definition) is 2. The number of carbonyl (C=O) groups is 1. The smallest absolute Gasteiger partial charge is 0.244 e. The van der Waals surface area contributed by atoms with Crippen LogP contribution in [0.1, 0.15) is 12.8 Å². The van der Waals surface area contributed by atoms with Crippen LogP contribution >= 0.6 is 0 Å². The Morgan fingerprint density at radius 3 is 3.07 bits per heavy atom. The van der Waals surface area contributed by atoms with Gasteiger partial charge in [-0.15, -0.1) is 0 Å². The van der Waals surface area contributed by atoms with Crippen molar-refractivity contribution in [3.05, 3.63) is 12.3 Å². The second-order valence-corrected chi connectivity index (χ2v) is 3.99. The largest absolute Gasteiger partial charge is 0.391 e. The van der Waals surface area contributed by atoms with Gasteiger partial charge in [0.1, 0.15) is 5.54 Å². The van der Waals surface area contributed by atoms with Gasteiger partial charge in [0, 0.05) is 19.6 Å². The number of hydrogen-bond acceptors (Lipinski definition) is 3. The van der Waals surface area contributed by atoms with Gasteiger partial charge in [-0.1, -0.05) is 0 Å². The van der Waals surface area contributed by atoms with E-state index in [9.17, 15) is 4.79 Å². The van der Waals surface area contributed by atoms with Gasteiger partial charge in [0.2, 0.25) is 5.91 Å². The van der Waals surface area contributed by atoms with Crippen LogP contribution in [0.3, 0.4) is 0 Å². The minimum Gasteiger partial charge on any atom is -0.391 e. The quantitative estimate of drug-likeness (QED) is 0.557. The van der Waals surface area contributed by atoms with E-state index in [4.69, 9.17) is 0 Å². The van der Waals surface area contributed by atoms with Gasteiger partial charge < -0.3 is 10.6 Å². The Labute approximate surface area is 84.3 Å². The summed E-state index contributed by atoms with van der Waals surface area (Å²) < 4.78 is 0. The van der Waals surface area contributed by atoms with E-state index in [0.29, 0.717) is 0 Å². The van der Waals surface area contributed by atoms with Gasteiger partial charge in [0.25, 0.3) is 0 Å². The van der Waals surface area contributed by atoms with Crippen LogP contribution in [0.4, 0.5) is 0 Å². The molecular weight excluding hydrogens is 178 g/mol. The summed E-state index contributed by atoms with van der Waals surface area (Å²) in [7, 11) is 2.03. The summed E-state index contributed by atoms with van der Waals surface area (Å²) >= 11 is 0. The molecule has 2 rings (SSSR count). The molecule has 2 N–H and O–H groups in total. The summed E-state index contributed by atoms with van der Waals surface area (Å²) in [5, 5.41) is 6.11. The third-order valence-electron chi connectivity index (χ3n) is 3.16. The van der Waals surface area contributed by atoms with E-state index in [1.807, 2.05) is 19.3 Å². The lowest BCUT2D eigenvalue weighted by Gasteiger charge is -2.38. The summed E-state index contributed by atoms with van der Waals surface area (Å²) in [4.78, 5) is 14.1. The maximum atomic E-state index is 12.0. The second kappa shape index (κ2) is 3.61. The van der Waals surface area contributed by atoms with E-state index < -0.39 is 5.54 Å². The van der Waals surface area contributed by atoms with Crippen LogP contribution < -0.4 is 10.6 Å². The first-order chi connectivity index (χ1) is 6.76. The van der Waals surface area contributed by atoms with E-state index in [1.54, 1.807) is 0 Å². The first-order valence-electron chi connectivity index (χ1n) is 5.16. The Hall–Kier alpha value is -1.03. The van der Waals surface area contributed by atoms with Crippen molar-refractivity contribution in [2.45, 2.75) is 18.4 Å². The molecule has 78 valence electrons. The van der Waals surface area contributed by atoms with E-state index in [1.165, 1.54) is 0 Å². The lowest BCUT2D eigenvalue weighted by Crippen LogP contribution is -2.56. The molecule has 0 saturated carbocycles. The molecule has 1 spiro atoms. The van der Waals surface area contributed by atoms with Gasteiger partial charge in [-0.2, -0.15) is 0 Å². The molecule has 0 bridgehead atoms. The van der Waals surface area contributed by atoms with Crippen molar-refractivity contribution >= 4 is 5.91 Å². The number of carbonyl (C=O) groups excluding carboxylic acids is 1. The molecule has 1 unspecified atom stereocenters. The third kappa shape index (κ3) is 1.39. The lowest BCUT2D eigenvalue weighted by molar-refractivity contribution is -0.129. The van der Waals surface area contributed by atoms with Crippen LogP contribution in [-0.2, 0) is 4.79 Å². The lowest BCUT2D eigenvalue weighted by atomic mass is 9.90. The molecule has 0 aliphatic carbocycles. The Morgan fingerprint density at radius 1 is 1.50 bits per heavy atom. The summed E-state index contributed by atoms with van der Waals surface area (Å²) in [5.74, 6) is 0.148. The zero-order valence-corrected chi connectivity index (χ0v) is 8.55. The molecule has 2 aliphatic heterocycles. The molecule has 0 aromatic rings. The van der Waals surface area contributed by atoms with Gasteiger partial charge in [-0.05, 0) is 32.2 Å². The van der Waals surface area contributed by atoms with Crippen molar-refractivity contribution in [2.75, 3.05) is 26.7 Å². The molecule has 0 aromatic heterocycles. The van der Waals surface area contributed by atoms with Gasteiger partial charge in [-0.3, -0.25) is 9.69 Å². The van der Waals surface area contributed by atoms with Crippen LogP contribution in [-0.4, -0.2) is 43.0 Å². The maximum absolute atomic E-state index is 12.0. The van der Waals surface area contributed by atoms with Crippen LogP contribution in [0.15, 0.2) is 12.3 Å². The summed E-state index contributed by atoms with van der Waals surface area (Å²) in [5.41, 5.74) is -0.401. The van der Waals surface area contributed by atoms with Crippen molar-refractivity contribution in [3.63, 3.8) is 0 Å². The molecule has 2 aliphatic rings. The van der Waals surface area contributed by atoms with Gasteiger partial charge >= 0.3 is 0 Å². The van der Waals surface area contributed by atoms with Crippen LogP contribution in [0.5, 0.6) is 0 Å². The van der Waals surface area contributed by atoms with Crippen molar-refractivity contribution in [3.8, 4) is 0 Å². The third-order valence-corrected chi connectivity index (χ3v) is 3.16. The Balaban J connectivity index is 2.30. The zero-order valence-electron chi connectivity index (χ0n) is 8.55. The number of nitrogens with one attached hydrogen (secondary N) is 2.